The van der Waals surface area contributed by atoms with E-state index < -0.39 is 0 Å². The number of pyridine rings is 2. The summed E-state index contributed by atoms with van der Waals surface area (Å²) < 4.78 is 2.00. The SMILES string of the molecule is CCn1cnc2c(NCc3ccc(-c4cn[nH]c4)nc3)nc(-c3cccnc3)nc21. The maximum absolute atomic E-state index is 4.72. The summed E-state index contributed by atoms with van der Waals surface area (Å²) in [6.45, 7) is 3.41. The number of anilines is 1. The number of aryl methyl sites for hydroxylation is 1. The molecule has 5 aromatic heterocycles. The third-order valence-corrected chi connectivity index (χ3v) is 4.80. The lowest BCUT2D eigenvalue weighted by Gasteiger charge is -2.09. The number of nitrogens with zero attached hydrogens (tertiary/aromatic N) is 7. The Morgan fingerprint density at radius 1 is 1.03 bits per heavy atom. The van der Waals surface area contributed by atoms with Crippen LogP contribution in [0.2, 0.25) is 0 Å². The van der Waals surface area contributed by atoms with Crippen LogP contribution in [0.15, 0.2) is 61.6 Å². The highest BCUT2D eigenvalue weighted by atomic mass is 15.2. The lowest BCUT2D eigenvalue weighted by Crippen LogP contribution is -2.05. The summed E-state index contributed by atoms with van der Waals surface area (Å²) in [4.78, 5) is 22.7. The predicted molar refractivity (Wildman–Crippen MR) is 113 cm³/mol. The zero-order chi connectivity index (χ0) is 20.3. The fourth-order valence-corrected chi connectivity index (χ4v) is 3.20. The van der Waals surface area contributed by atoms with Gasteiger partial charge in [-0.15, -0.1) is 0 Å². The summed E-state index contributed by atoms with van der Waals surface area (Å²) in [5, 5.41) is 10.2. The minimum absolute atomic E-state index is 0.566. The topological polar surface area (TPSA) is 110 Å². The Hall–Kier alpha value is -4.14. The summed E-state index contributed by atoms with van der Waals surface area (Å²) in [5.41, 5.74) is 5.26. The molecule has 0 atom stereocenters. The smallest absolute Gasteiger partial charge is 0.166 e. The molecule has 2 N–H and O–H groups in total. The molecule has 0 radical (unpaired) electrons. The van der Waals surface area contributed by atoms with E-state index in [1.165, 1.54) is 0 Å². The zero-order valence-electron chi connectivity index (χ0n) is 16.3. The average molecular weight is 397 g/mol. The standard InChI is InChI=1S/C21H19N9/c1-2-30-13-25-18-20(28-19(29-21(18)30)15-4-3-7-22-10-15)24-9-14-5-6-17(23-8-14)16-11-26-27-12-16/h3-8,10-13H,2,9H2,1H3,(H,26,27)(H,24,28,29). The lowest BCUT2D eigenvalue weighted by atomic mass is 10.2. The molecule has 0 aliphatic rings. The molecule has 0 aliphatic heterocycles. The normalized spacial score (nSPS) is 11.1. The third kappa shape index (κ3) is 3.37. The van der Waals surface area contributed by atoms with E-state index in [-0.39, 0.29) is 0 Å². The van der Waals surface area contributed by atoms with Gasteiger partial charge in [-0.25, -0.2) is 15.0 Å². The second-order valence-corrected chi connectivity index (χ2v) is 6.73. The van der Waals surface area contributed by atoms with Crippen molar-refractivity contribution in [2.24, 2.45) is 0 Å². The monoisotopic (exact) mass is 397 g/mol. The van der Waals surface area contributed by atoms with Crippen molar-refractivity contribution in [3.63, 3.8) is 0 Å². The summed E-state index contributed by atoms with van der Waals surface area (Å²) in [5.74, 6) is 1.30. The van der Waals surface area contributed by atoms with Gasteiger partial charge in [-0.05, 0) is 30.7 Å². The summed E-state index contributed by atoms with van der Waals surface area (Å²) in [6, 6.07) is 7.83. The van der Waals surface area contributed by atoms with Crippen LogP contribution in [0.5, 0.6) is 0 Å². The van der Waals surface area contributed by atoms with Crippen molar-refractivity contribution in [2.45, 2.75) is 20.0 Å². The van der Waals surface area contributed by atoms with Gasteiger partial charge < -0.3 is 9.88 Å². The highest BCUT2D eigenvalue weighted by molar-refractivity contribution is 5.85. The largest absolute Gasteiger partial charge is 0.364 e. The summed E-state index contributed by atoms with van der Waals surface area (Å²) in [7, 11) is 0. The van der Waals surface area contributed by atoms with Gasteiger partial charge in [0.25, 0.3) is 0 Å². The van der Waals surface area contributed by atoms with E-state index in [2.05, 4.69) is 37.4 Å². The molecule has 0 unspecified atom stereocenters. The second kappa shape index (κ2) is 7.70. The van der Waals surface area contributed by atoms with E-state index in [0.717, 1.165) is 40.1 Å². The van der Waals surface area contributed by atoms with Gasteiger partial charge in [-0.1, -0.05) is 6.07 Å². The zero-order valence-corrected chi connectivity index (χ0v) is 16.3. The maximum atomic E-state index is 4.72. The van der Waals surface area contributed by atoms with Crippen LogP contribution in [0, 0.1) is 0 Å². The van der Waals surface area contributed by atoms with Crippen LogP contribution in [0.1, 0.15) is 12.5 Å². The number of nitrogens with one attached hydrogen (secondary N) is 2. The molecule has 5 rings (SSSR count). The molecule has 0 spiro atoms. The molecule has 0 aromatic carbocycles. The fraction of sp³-hybridized carbons (Fsp3) is 0.143. The average Bonchev–Trinajstić information content (AvgIpc) is 3.48. The molecule has 9 nitrogen and oxygen atoms in total. The Bertz CT molecular complexity index is 1260. The Kier molecular flexibility index (Phi) is 4.60. The van der Waals surface area contributed by atoms with E-state index in [0.29, 0.717) is 18.2 Å². The van der Waals surface area contributed by atoms with Gasteiger partial charge in [0.2, 0.25) is 0 Å². The van der Waals surface area contributed by atoms with Crippen LogP contribution in [0.25, 0.3) is 33.8 Å². The number of imidazole rings is 1. The first-order valence-electron chi connectivity index (χ1n) is 9.63. The van der Waals surface area contributed by atoms with Gasteiger partial charge in [-0.2, -0.15) is 5.10 Å². The van der Waals surface area contributed by atoms with Gasteiger partial charge in [0.15, 0.2) is 17.3 Å². The number of H-pyrrole nitrogens is 1. The molecular formula is C21H19N9. The van der Waals surface area contributed by atoms with Gasteiger partial charge >= 0.3 is 0 Å². The Morgan fingerprint density at radius 2 is 2.00 bits per heavy atom. The highest BCUT2D eigenvalue weighted by Crippen LogP contribution is 2.24. The van der Waals surface area contributed by atoms with Crippen molar-refractivity contribution in [1.82, 2.24) is 39.7 Å². The van der Waals surface area contributed by atoms with Crippen molar-refractivity contribution in [3.8, 4) is 22.6 Å². The Labute approximate surface area is 172 Å². The van der Waals surface area contributed by atoms with Crippen molar-refractivity contribution < 1.29 is 0 Å². The van der Waals surface area contributed by atoms with E-state index in [9.17, 15) is 0 Å². The Morgan fingerprint density at radius 3 is 2.73 bits per heavy atom. The van der Waals surface area contributed by atoms with E-state index in [4.69, 9.17) is 9.97 Å². The predicted octanol–water partition coefficient (Wildman–Crippen LogP) is 3.31. The number of aromatic nitrogens is 8. The van der Waals surface area contributed by atoms with Crippen LogP contribution in [0.3, 0.4) is 0 Å². The number of rotatable bonds is 6. The van der Waals surface area contributed by atoms with Crippen LogP contribution in [-0.4, -0.2) is 39.7 Å². The van der Waals surface area contributed by atoms with Crippen molar-refractivity contribution >= 4 is 17.0 Å². The van der Waals surface area contributed by atoms with Crippen molar-refractivity contribution in [3.05, 3.63) is 67.1 Å². The van der Waals surface area contributed by atoms with Gasteiger partial charge in [-0.3, -0.25) is 15.1 Å². The van der Waals surface area contributed by atoms with Crippen molar-refractivity contribution in [2.75, 3.05) is 5.32 Å². The number of hydrogen-bond donors (Lipinski definition) is 2. The van der Waals surface area contributed by atoms with Gasteiger partial charge in [0.1, 0.15) is 5.52 Å². The molecule has 5 aromatic rings. The molecule has 0 saturated heterocycles. The number of fused-ring (bicyclic) bond motifs is 1. The first kappa shape index (κ1) is 17.9. The summed E-state index contributed by atoms with van der Waals surface area (Å²) in [6.07, 6.45) is 10.7. The molecule has 30 heavy (non-hydrogen) atoms. The minimum atomic E-state index is 0.566. The van der Waals surface area contributed by atoms with Crippen LogP contribution in [-0.2, 0) is 13.1 Å². The van der Waals surface area contributed by atoms with Crippen molar-refractivity contribution in [1.29, 1.82) is 0 Å². The van der Waals surface area contributed by atoms with Crippen LogP contribution >= 0.6 is 0 Å². The molecule has 148 valence electrons. The first-order valence-corrected chi connectivity index (χ1v) is 9.63. The summed E-state index contributed by atoms with van der Waals surface area (Å²) >= 11 is 0. The Balaban J connectivity index is 1.45. The molecule has 0 fully saturated rings. The molecule has 0 aliphatic carbocycles. The molecule has 0 saturated carbocycles. The number of aromatic amines is 1. The highest BCUT2D eigenvalue weighted by Gasteiger charge is 2.14. The minimum Gasteiger partial charge on any atom is -0.364 e. The molecule has 0 amide bonds. The maximum Gasteiger partial charge on any atom is 0.166 e. The lowest BCUT2D eigenvalue weighted by molar-refractivity contribution is 0.777. The van der Waals surface area contributed by atoms with Gasteiger partial charge in [0, 0.05) is 49.0 Å². The first-order chi connectivity index (χ1) is 14.8. The van der Waals surface area contributed by atoms with E-state index in [1.54, 1.807) is 24.9 Å². The molecule has 5 heterocycles. The van der Waals surface area contributed by atoms with E-state index in [1.807, 2.05) is 41.2 Å². The second-order valence-electron chi connectivity index (χ2n) is 6.73. The third-order valence-electron chi connectivity index (χ3n) is 4.80. The number of hydrogen-bond acceptors (Lipinski definition) is 7. The fourth-order valence-electron chi connectivity index (χ4n) is 3.20. The molecule has 9 heteroatoms. The molecular weight excluding hydrogens is 378 g/mol. The van der Waals surface area contributed by atoms with Crippen LogP contribution < -0.4 is 5.32 Å². The van der Waals surface area contributed by atoms with Gasteiger partial charge in [0.05, 0.1) is 18.2 Å². The molecule has 0 bridgehead atoms. The quantitative estimate of drug-likeness (QED) is 0.452. The van der Waals surface area contributed by atoms with E-state index >= 15 is 0 Å². The van der Waals surface area contributed by atoms with Crippen LogP contribution in [0.4, 0.5) is 5.82 Å².